The number of benzene rings is 2. The highest BCUT2D eigenvalue weighted by Crippen LogP contribution is 2.23. The molecule has 1 amide bonds. The fraction of sp³-hybridized carbons (Fsp3) is 0.467. The number of nitrogens with one attached hydrogen (secondary N) is 1. The predicted molar refractivity (Wildman–Crippen MR) is 151 cm³/mol. The van der Waals surface area contributed by atoms with Gasteiger partial charge in [-0.2, -0.15) is 0 Å². The number of alkyl carbamates (subject to hydrolysis) is 1. The molecule has 9 nitrogen and oxygen atoms in total. The van der Waals surface area contributed by atoms with E-state index in [1.807, 2.05) is 0 Å². The molecule has 2 rings (SSSR count). The molecule has 0 aliphatic heterocycles. The van der Waals surface area contributed by atoms with Gasteiger partial charge in [0, 0.05) is 16.1 Å². The number of esters is 2. The van der Waals surface area contributed by atoms with Gasteiger partial charge in [-0.3, -0.25) is 4.79 Å². The minimum Gasteiger partial charge on any atom is -0.476 e. The molecule has 0 unspecified atom stereocenters. The van der Waals surface area contributed by atoms with Gasteiger partial charge >= 0.3 is 18.0 Å². The summed E-state index contributed by atoms with van der Waals surface area (Å²) in [5.41, 5.74) is -2.24. The minimum atomic E-state index is -1.49. The van der Waals surface area contributed by atoms with Crippen molar-refractivity contribution in [2.24, 2.45) is 0 Å². The van der Waals surface area contributed by atoms with Gasteiger partial charge in [-0.1, -0.05) is 11.6 Å². The van der Waals surface area contributed by atoms with Crippen LogP contribution in [-0.4, -0.2) is 52.8 Å². The number of halogens is 1. The van der Waals surface area contributed by atoms with Gasteiger partial charge in [0.25, 0.3) is 0 Å². The highest BCUT2D eigenvalue weighted by atomic mass is 35.5. The van der Waals surface area contributed by atoms with Gasteiger partial charge in [-0.05, 0) is 111 Å². The number of amides is 1. The highest BCUT2D eigenvalue weighted by molar-refractivity contribution is 6.30. The number of ketones is 1. The summed E-state index contributed by atoms with van der Waals surface area (Å²) in [5, 5.41) is 2.97. The second kappa shape index (κ2) is 12.7. The van der Waals surface area contributed by atoms with Crippen LogP contribution >= 0.6 is 11.6 Å². The molecule has 0 aromatic heterocycles. The molecule has 218 valence electrons. The van der Waals surface area contributed by atoms with Gasteiger partial charge in [0.15, 0.2) is 17.4 Å². The van der Waals surface area contributed by atoms with Crippen LogP contribution in [0.2, 0.25) is 5.02 Å². The van der Waals surface area contributed by atoms with E-state index in [4.69, 9.17) is 30.5 Å². The molecule has 2 aromatic carbocycles. The number of carbonyl (C=O) groups excluding carboxylic acids is 4. The molecule has 0 bridgehead atoms. The van der Waals surface area contributed by atoms with Crippen LogP contribution in [0.5, 0.6) is 5.75 Å². The van der Waals surface area contributed by atoms with Gasteiger partial charge in [0.2, 0.25) is 0 Å². The van der Waals surface area contributed by atoms with Gasteiger partial charge in [0.05, 0.1) is 0 Å². The maximum atomic E-state index is 13.1. The molecule has 0 fully saturated rings. The summed E-state index contributed by atoms with van der Waals surface area (Å²) < 4.78 is 22.1. The highest BCUT2D eigenvalue weighted by Gasteiger charge is 2.39. The summed E-state index contributed by atoms with van der Waals surface area (Å²) in [5.74, 6) is -1.46. The van der Waals surface area contributed by atoms with E-state index in [9.17, 15) is 19.2 Å². The van der Waals surface area contributed by atoms with Gasteiger partial charge < -0.3 is 24.3 Å². The molecule has 0 saturated heterocycles. The van der Waals surface area contributed by atoms with Crippen LogP contribution in [0.3, 0.4) is 0 Å². The Kier molecular flexibility index (Phi) is 10.4. The van der Waals surface area contributed by atoms with E-state index < -0.39 is 47.0 Å². The van der Waals surface area contributed by atoms with Crippen molar-refractivity contribution in [3.05, 3.63) is 64.7 Å². The van der Waals surface area contributed by atoms with Crippen LogP contribution in [0, 0.1) is 0 Å². The maximum absolute atomic E-state index is 13.1. The minimum absolute atomic E-state index is 0.193. The summed E-state index contributed by atoms with van der Waals surface area (Å²) in [7, 11) is 0. The summed E-state index contributed by atoms with van der Waals surface area (Å²) >= 11 is 5.89. The SMILES string of the molecule is C[C@@H](OC(=O)C(C)(C)Oc1ccc(C(=O)c2ccc(Cl)cc2)cc1)[C@H](NC(=O)OC(C)(C)C)C(=O)OC(C)(C)C. The molecular weight excluding hydrogens is 538 g/mol. The second-order valence-electron chi connectivity index (χ2n) is 11.7. The number of ether oxygens (including phenoxy) is 4. The van der Waals surface area contributed by atoms with Crippen molar-refractivity contribution in [2.75, 3.05) is 0 Å². The lowest BCUT2D eigenvalue weighted by atomic mass is 10.0. The van der Waals surface area contributed by atoms with E-state index in [0.29, 0.717) is 21.9 Å². The molecule has 0 aliphatic rings. The fourth-order valence-electron chi connectivity index (χ4n) is 3.33. The Labute approximate surface area is 240 Å². The monoisotopic (exact) mass is 575 g/mol. The molecular formula is C30H38ClNO8. The zero-order chi connectivity index (χ0) is 30.5. The van der Waals surface area contributed by atoms with E-state index in [-0.39, 0.29) is 5.78 Å². The van der Waals surface area contributed by atoms with Crippen LogP contribution in [-0.2, 0) is 23.8 Å². The summed E-state index contributed by atoms with van der Waals surface area (Å²) in [6.07, 6.45) is -1.99. The standard InChI is InChI=1S/C30H38ClNO8/c1-18(23(25(34)39-28(2,3)4)32-27(36)40-29(5,6)7)37-26(35)30(8,9)38-22-16-12-20(13-17-22)24(33)19-10-14-21(31)15-11-19/h10-18,23H,1-9H3,(H,32,36)/t18-,23+/m1/s1. The molecule has 0 aliphatic carbocycles. The van der Waals surface area contributed by atoms with E-state index in [0.717, 1.165) is 0 Å². The molecule has 0 saturated carbocycles. The van der Waals surface area contributed by atoms with Crippen molar-refractivity contribution in [1.82, 2.24) is 5.32 Å². The molecule has 1 N–H and O–H groups in total. The van der Waals surface area contributed by atoms with E-state index in [1.54, 1.807) is 90.1 Å². The van der Waals surface area contributed by atoms with Crippen molar-refractivity contribution in [1.29, 1.82) is 0 Å². The van der Waals surface area contributed by atoms with Crippen molar-refractivity contribution in [3.8, 4) is 5.75 Å². The smallest absolute Gasteiger partial charge is 0.408 e. The van der Waals surface area contributed by atoms with E-state index >= 15 is 0 Å². The number of hydrogen-bond acceptors (Lipinski definition) is 8. The van der Waals surface area contributed by atoms with Crippen LogP contribution in [0.4, 0.5) is 4.79 Å². The Hall–Kier alpha value is -3.59. The Balaban J connectivity index is 2.12. The summed E-state index contributed by atoms with van der Waals surface area (Å²) in [6, 6.07) is 11.5. The Bertz CT molecular complexity index is 1210. The third-order valence-electron chi connectivity index (χ3n) is 5.18. The zero-order valence-corrected chi connectivity index (χ0v) is 25.2. The number of hydrogen-bond donors (Lipinski definition) is 1. The molecule has 40 heavy (non-hydrogen) atoms. The van der Waals surface area contributed by atoms with Crippen molar-refractivity contribution < 1.29 is 38.1 Å². The first-order valence-electron chi connectivity index (χ1n) is 12.8. The number of carbonyl (C=O) groups is 4. The average molecular weight is 576 g/mol. The lowest BCUT2D eigenvalue weighted by Crippen LogP contribution is -2.54. The van der Waals surface area contributed by atoms with Crippen LogP contribution in [0.25, 0.3) is 0 Å². The third kappa shape index (κ3) is 10.2. The van der Waals surface area contributed by atoms with Crippen molar-refractivity contribution >= 4 is 35.4 Å². The van der Waals surface area contributed by atoms with Gasteiger partial charge in [0.1, 0.15) is 23.1 Å². The quantitative estimate of drug-likeness (QED) is 0.223. The molecule has 10 heteroatoms. The third-order valence-corrected chi connectivity index (χ3v) is 5.43. The second-order valence-corrected chi connectivity index (χ2v) is 12.2. The van der Waals surface area contributed by atoms with Crippen molar-refractivity contribution in [2.45, 2.75) is 91.3 Å². The largest absolute Gasteiger partial charge is 0.476 e. The maximum Gasteiger partial charge on any atom is 0.408 e. The van der Waals surface area contributed by atoms with Crippen LogP contribution < -0.4 is 10.1 Å². The first-order valence-corrected chi connectivity index (χ1v) is 13.2. The van der Waals surface area contributed by atoms with E-state index in [1.165, 1.54) is 20.8 Å². The Morgan fingerprint density at radius 2 is 1.23 bits per heavy atom. The molecule has 0 heterocycles. The van der Waals surface area contributed by atoms with Gasteiger partial charge in [-0.25, -0.2) is 14.4 Å². The zero-order valence-electron chi connectivity index (χ0n) is 24.4. The Morgan fingerprint density at radius 1 is 0.750 bits per heavy atom. The summed E-state index contributed by atoms with van der Waals surface area (Å²) in [4.78, 5) is 51.1. The first-order chi connectivity index (χ1) is 18.3. The van der Waals surface area contributed by atoms with E-state index in [2.05, 4.69) is 5.32 Å². The lowest BCUT2D eigenvalue weighted by molar-refractivity contribution is -0.172. The predicted octanol–water partition coefficient (Wildman–Crippen LogP) is 5.90. The molecule has 0 spiro atoms. The Morgan fingerprint density at radius 3 is 1.70 bits per heavy atom. The van der Waals surface area contributed by atoms with Crippen LogP contribution in [0.15, 0.2) is 48.5 Å². The molecule has 0 radical (unpaired) electrons. The van der Waals surface area contributed by atoms with Gasteiger partial charge in [-0.15, -0.1) is 0 Å². The first kappa shape index (κ1) is 32.6. The number of rotatable bonds is 9. The average Bonchev–Trinajstić information content (AvgIpc) is 2.80. The fourth-order valence-corrected chi connectivity index (χ4v) is 3.45. The molecule has 2 aromatic rings. The lowest BCUT2D eigenvalue weighted by Gasteiger charge is -2.31. The molecule has 2 atom stereocenters. The normalized spacial score (nSPS) is 13.4. The van der Waals surface area contributed by atoms with Crippen molar-refractivity contribution in [3.63, 3.8) is 0 Å². The summed E-state index contributed by atoms with van der Waals surface area (Å²) in [6.45, 7) is 14.5. The topological polar surface area (TPSA) is 117 Å². The van der Waals surface area contributed by atoms with Crippen LogP contribution in [0.1, 0.15) is 78.2 Å².